The predicted molar refractivity (Wildman–Crippen MR) is 72.1 cm³/mol. The number of benzene rings is 1. The number of hydrogen-bond donors (Lipinski definition) is 2. The molecule has 1 heterocycles. The van der Waals surface area contributed by atoms with E-state index in [9.17, 15) is 0 Å². The Morgan fingerprint density at radius 2 is 2.33 bits per heavy atom. The van der Waals surface area contributed by atoms with Crippen LogP contribution >= 0.6 is 0 Å². The van der Waals surface area contributed by atoms with E-state index in [4.69, 9.17) is 9.47 Å². The summed E-state index contributed by atoms with van der Waals surface area (Å²) in [6.45, 7) is 4.66. The maximum absolute atomic E-state index is 5.83. The Morgan fingerprint density at radius 1 is 1.50 bits per heavy atom. The maximum atomic E-state index is 5.83. The standard InChI is InChI=1S/C14H22N2O2/c1-10-8-11(4-5-12(10)17-3)14(15-2)13-9-16-6-7-18-13/h4-5,8,13-16H,6-7,9H2,1-3H3. The van der Waals surface area contributed by atoms with Gasteiger partial charge in [0.1, 0.15) is 5.75 Å². The van der Waals surface area contributed by atoms with Gasteiger partial charge in [0.2, 0.25) is 0 Å². The Morgan fingerprint density at radius 3 is 2.89 bits per heavy atom. The summed E-state index contributed by atoms with van der Waals surface area (Å²) in [5, 5.41) is 6.71. The molecule has 1 aliphatic heterocycles. The number of hydrogen-bond acceptors (Lipinski definition) is 4. The summed E-state index contributed by atoms with van der Waals surface area (Å²) >= 11 is 0. The van der Waals surface area contributed by atoms with Gasteiger partial charge >= 0.3 is 0 Å². The van der Waals surface area contributed by atoms with Crippen molar-refractivity contribution in [2.75, 3.05) is 33.9 Å². The quantitative estimate of drug-likeness (QED) is 0.844. The maximum Gasteiger partial charge on any atom is 0.121 e. The van der Waals surface area contributed by atoms with E-state index in [1.165, 1.54) is 5.56 Å². The lowest BCUT2D eigenvalue weighted by Crippen LogP contribution is -2.45. The average molecular weight is 250 g/mol. The second-order valence-corrected chi connectivity index (χ2v) is 4.61. The summed E-state index contributed by atoms with van der Waals surface area (Å²) < 4.78 is 11.1. The zero-order valence-corrected chi connectivity index (χ0v) is 11.3. The number of methoxy groups -OCH3 is 1. The molecule has 2 atom stereocenters. The molecule has 0 saturated carbocycles. The molecular weight excluding hydrogens is 228 g/mol. The molecule has 0 spiro atoms. The fourth-order valence-corrected chi connectivity index (χ4v) is 2.46. The summed E-state index contributed by atoms with van der Waals surface area (Å²) in [4.78, 5) is 0. The van der Waals surface area contributed by atoms with Gasteiger partial charge in [-0.15, -0.1) is 0 Å². The van der Waals surface area contributed by atoms with E-state index in [0.717, 1.165) is 31.0 Å². The lowest BCUT2D eigenvalue weighted by molar-refractivity contribution is 0.00536. The summed E-state index contributed by atoms with van der Waals surface area (Å²) in [6.07, 6.45) is 0.177. The molecule has 0 radical (unpaired) electrons. The van der Waals surface area contributed by atoms with Crippen LogP contribution in [0.4, 0.5) is 0 Å². The van der Waals surface area contributed by atoms with Crippen LogP contribution in [-0.4, -0.2) is 40.0 Å². The largest absolute Gasteiger partial charge is 0.496 e. The summed E-state index contributed by atoms with van der Waals surface area (Å²) in [5.41, 5.74) is 2.39. The van der Waals surface area contributed by atoms with Crippen LogP contribution in [0.1, 0.15) is 17.2 Å². The Labute approximate surface area is 109 Å². The lowest BCUT2D eigenvalue weighted by Gasteiger charge is -2.31. The van der Waals surface area contributed by atoms with E-state index >= 15 is 0 Å². The van der Waals surface area contributed by atoms with Gasteiger partial charge in [0, 0.05) is 13.1 Å². The van der Waals surface area contributed by atoms with Gasteiger partial charge in [-0.1, -0.05) is 12.1 Å². The predicted octanol–water partition coefficient (Wildman–Crippen LogP) is 1.25. The van der Waals surface area contributed by atoms with Crippen LogP contribution in [0.25, 0.3) is 0 Å². The highest BCUT2D eigenvalue weighted by Crippen LogP contribution is 2.25. The topological polar surface area (TPSA) is 42.5 Å². The minimum absolute atomic E-state index is 0.177. The minimum atomic E-state index is 0.177. The van der Waals surface area contributed by atoms with Crippen molar-refractivity contribution >= 4 is 0 Å². The Bertz CT molecular complexity index is 389. The SMILES string of the molecule is CNC(c1ccc(OC)c(C)c1)C1CNCCO1. The number of rotatable bonds is 4. The molecule has 0 bridgehead atoms. The van der Waals surface area contributed by atoms with Crippen molar-refractivity contribution in [3.63, 3.8) is 0 Å². The number of likely N-dealkylation sites (N-methyl/N-ethyl adjacent to an activating group) is 1. The molecule has 0 amide bonds. The molecule has 18 heavy (non-hydrogen) atoms. The van der Waals surface area contributed by atoms with Crippen LogP contribution in [0.3, 0.4) is 0 Å². The van der Waals surface area contributed by atoms with Gasteiger partial charge in [0.05, 0.1) is 25.9 Å². The van der Waals surface area contributed by atoms with Gasteiger partial charge in [-0.25, -0.2) is 0 Å². The first-order chi connectivity index (χ1) is 8.76. The van der Waals surface area contributed by atoms with Crippen LogP contribution in [0.2, 0.25) is 0 Å². The van der Waals surface area contributed by atoms with Crippen molar-refractivity contribution in [1.82, 2.24) is 10.6 Å². The first-order valence-electron chi connectivity index (χ1n) is 6.40. The molecule has 2 N–H and O–H groups in total. The van der Waals surface area contributed by atoms with E-state index in [1.807, 2.05) is 13.1 Å². The van der Waals surface area contributed by atoms with E-state index in [-0.39, 0.29) is 12.1 Å². The first-order valence-corrected chi connectivity index (χ1v) is 6.40. The third-order valence-corrected chi connectivity index (χ3v) is 3.42. The van der Waals surface area contributed by atoms with Crippen molar-refractivity contribution in [2.24, 2.45) is 0 Å². The van der Waals surface area contributed by atoms with Crippen molar-refractivity contribution in [3.8, 4) is 5.75 Å². The first kappa shape index (κ1) is 13.3. The fourth-order valence-electron chi connectivity index (χ4n) is 2.46. The lowest BCUT2D eigenvalue weighted by atomic mass is 9.98. The van der Waals surface area contributed by atoms with Crippen molar-refractivity contribution in [2.45, 2.75) is 19.1 Å². The third kappa shape index (κ3) is 2.83. The second-order valence-electron chi connectivity index (χ2n) is 4.61. The van der Waals surface area contributed by atoms with Crippen LogP contribution in [0.15, 0.2) is 18.2 Å². The molecule has 0 aliphatic carbocycles. The second kappa shape index (κ2) is 6.18. The molecule has 1 aromatic carbocycles. The van der Waals surface area contributed by atoms with Crippen molar-refractivity contribution < 1.29 is 9.47 Å². The van der Waals surface area contributed by atoms with Gasteiger partial charge in [0.15, 0.2) is 0 Å². The highest BCUT2D eigenvalue weighted by atomic mass is 16.5. The third-order valence-electron chi connectivity index (χ3n) is 3.42. The van der Waals surface area contributed by atoms with Gasteiger partial charge in [-0.05, 0) is 31.2 Å². The molecule has 1 aromatic rings. The Hall–Kier alpha value is -1.10. The van der Waals surface area contributed by atoms with E-state index < -0.39 is 0 Å². The molecule has 1 aliphatic rings. The fraction of sp³-hybridized carbons (Fsp3) is 0.571. The Balaban J connectivity index is 2.18. The molecule has 2 unspecified atom stereocenters. The van der Waals surface area contributed by atoms with Crippen molar-refractivity contribution in [1.29, 1.82) is 0 Å². The molecular formula is C14H22N2O2. The molecule has 2 rings (SSSR count). The molecule has 1 saturated heterocycles. The van der Waals surface area contributed by atoms with Gasteiger partial charge in [-0.2, -0.15) is 0 Å². The van der Waals surface area contributed by atoms with Crippen LogP contribution < -0.4 is 15.4 Å². The Kier molecular flexibility index (Phi) is 4.58. The number of aryl methyl sites for hydroxylation is 1. The summed E-state index contributed by atoms with van der Waals surface area (Å²) in [7, 11) is 3.67. The summed E-state index contributed by atoms with van der Waals surface area (Å²) in [5.74, 6) is 0.927. The van der Waals surface area contributed by atoms with E-state index in [0.29, 0.717) is 0 Å². The molecule has 0 aromatic heterocycles. The number of nitrogens with one attached hydrogen (secondary N) is 2. The zero-order chi connectivity index (χ0) is 13.0. The number of ether oxygens (including phenoxy) is 2. The van der Waals surface area contributed by atoms with Gasteiger partial charge in [0.25, 0.3) is 0 Å². The van der Waals surface area contributed by atoms with Crippen molar-refractivity contribution in [3.05, 3.63) is 29.3 Å². The molecule has 100 valence electrons. The minimum Gasteiger partial charge on any atom is -0.496 e. The molecule has 4 nitrogen and oxygen atoms in total. The van der Waals surface area contributed by atoms with Crippen LogP contribution in [0.5, 0.6) is 5.75 Å². The average Bonchev–Trinajstić information content (AvgIpc) is 2.41. The van der Waals surface area contributed by atoms with Gasteiger partial charge in [-0.3, -0.25) is 0 Å². The van der Waals surface area contributed by atoms with Crippen LogP contribution in [0, 0.1) is 6.92 Å². The summed E-state index contributed by atoms with van der Waals surface area (Å²) in [6, 6.07) is 6.50. The molecule has 1 fully saturated rings. The highest BCUT2D eigenvalue weighted by Gasteiger charge is 2.24. The van der Waals surface area contributed by atoms with Gasteiger partial charge < -0.3 is 20.1 Å². The zero-order valence-electron chi connectivity index (χ0n) is 11.3. The normalized spacial score (nSPS) is 21.6. The van der Waals surface area contributed by atoms with E-state index in [1.54, 1.807) is 7.11 Å². The monoisotopic (exact) mass is 250 g/mol. The number of morpholine rings is 1. The smallest absolute Gasteiger partial charge is 0.121 e. The molecule has 4 heteroatoms. The van der Waals surface area contributed by atoms with E-state index in [2.05, 4.69) is 29.7 Å². The van der Waals surface area contributed by atoms with Crippen LogP contribution in [-0.2, 0) is 4.74 Å². The highest BCUT2D eigenvalue weighted by molar-refractivity contribution is 5.37.